The second-order valence-electron chi connectivity index (χ2n) is 4.69. The van der Waals surface area contributed by atoms with E-state index in [4.69, 9.17) is 23.2 Å². The lowest BCUT2D eigenvalue weighted by Gasteiger charge is -2.14. The first-order valence-electron chi connectivity index (χ1n) is 5.49. The van der Waals surface area contributed by atoms with Gasteiger partial charge >= 0.3 is 0 Å². The SMILES string of the molecule is Clc1nc(Cl)nc(NCC2(C3CC3)CC2)n1. The minimum atomic E-state index is 0.138. The van der Waals surface area contributed by atoms with Gasteiger partial charge in [-0.1, -0.05) is 0 Å². The molecule has 2 saturated carbocycles. The average Bonchev–Trinajstić information content (AvgIpc) is 3.07. The van der Waals surface area contributed by atoms with Crippen LogP contribution in [0.2, 0.25) is 10.6 Å². The molecular weight excluding hydrogens is 247 g/mol. The van der Waals surface area contributed by atoms with Crippen molar-refractivity contribution in [2.24, 2.45) is 11.3 Å². The van der Waals surface area contributed by atoms with E-state index in [-0.39, 0.29) is 10.6 Å². The average molecular weight is 259 g/mol. The van der Waals surface area contributed by atoms with E-state index in [0.717, 1.165) is 12.5 Å². The van der Waals surface area contributed by atoms with Crippen molar-refractivity contribution in [2.75, 3.05) is 11.9 Å². The van der Waals surface area contributed by atoms with E-state index in [1.165, 1.54) is 25.7 Å². The maximum Gasteiger partial charge on any atom is 0.228 e. The summed E-state index contributed by atoms with van der Waals surface area (Å²) in [5.41, 5.74) is 0.506. The van der Waals surface area contributed by atoms with Crippen LogP contribution in [0.15, 0.2) is 0 Å². The van der Waals surface area contributed by atoms with Crippen molar-refractivity contribution in [1.29, 1.82) is 0 Å². The van der Waals surface area contributed by atoms with Crippen molar-refractivity contribution < 1.29 is 0 Å². The minimum absolute atomic E-state index is 0.138. The van der Waals surface area contributed by atoms with Crippen molar-refractivity contribution >= 4 is 29.2 Å². The topological polar surface area (TPSA) is 50.7 Å². The van der Waals surface area contributed by atoms with Crippen molar-refractivity contribution in [3.8, 4) is 0 Å². The summed E-state index contributed by atoms with van der Waals surface area (Å²) in [6.45, 7) is 0.925. The summed E-state index contributed by atoms with van der Waals surface area (Å²) in [5.74, 6) is 1.39. The van der Waals surface area contributed by atoms with E-state index < -0.39 is 0 Å². The van der Waals surface area contributed by atoms with Crippen LogP contribution in [-0.4, -0.2) is 21.5 Å². The Morgan fingerprint density at radius 2 is 1.75 bits per heavy atom. The van der Waals surface area contributed by atoms with Gasteiger partial charge in [-0.2, -0.15) is 15.0 Å². The first-order chi connectivity index (χ1) is 7.68. The van der Waals surface area contributed by atoms with Gasteiger partial charge in [0.2, 0.25) is 16.5 Å². The third-order valence-corrected chi connectivity index (χ3v) is 3.85. The molecule has 0 radical (unpaired) electrons. The number of nitrogens with one attached hydrogen (secondary N) is 1. The lowest BCUT2D eigenvalue weighted by molar-refractivity contribution is 0.465. The highest BCUT2D eigenvalue weighted by atomic mass is 35.5. The number of nitrogens with zero attached hydrogens (tertiary/aromatic N) is 3. The molecule has 0 bridgehead atoms. The van der Waals surface area contributed by atoms with Crippen molar-refractivity contribution in [1.82, 2.24) is 15.0 Å². The molecular formula is C10H12Cl2N4. The van der Waals surface area contributed by atoms with Gasteiger partial charge in [-0.25, -0.2) is 0 Å². The molecule has 0 saturated heterocycles. The maximum absolute atomic E-state index is 5.70. The summed E-state index contributed by atoms with van der Waals surface area (Å²) in [6, 6.07) is 0. The van der Waals surface area contributed by atoms with Gasteiger partial charge in [0.1, 0.15) is 0 Å². The molecule has 4 nitrogen and oxygen atoms in total. The summed E-state index contributed by atoms with van der Waals surface area (Å²) >= 11 is 11.4. The normalized spacial score (nSPS) is 21.9. The second kappa shape index (κ2) is 3.70. The number of hydrogen-bond donors (Lipinski definition) is 1. The predicted molar refractivity (Wildman–Crippen MR) is 62.7 cm³/mol. The summed E-state index contributed by atoms with van der Waals surface area (Å²) in [5, 5.41) is 3.49. The minimum Gasteiger partial charge on any atom is -0.353 e. The lowest BCUT2D eigenvalue weighted by atomic mass is 10.0. The molecule has 2 aliphatic carbocycles. The standard InChI is InChI=1S/C10H12Cl2N4/c11-7-14-8(12)16-9(15-7)13-5-10(3-4-10)6-1-2-6/h6H,1-5H2,(H,13,14,15,16). The zero-order valence-corrected chi connectivity index (χ0v) is 10.2. The molecule has 2 fully saturated rings. The van der Waals surface area contributed by atoms with Crippen molar-refractivity contribution in [3.05, 3.63) is 10.6 Å². The Bertz CT molecular complexity index is 395. The van der Waals surface area contributed by atoms with E-state index in [9.17, 15) is 0 Å². The molecule has 1 aromatic heterocycles. The smallest absolute Gasteiger partial charge is 0.228 e. The fraction of sp³-hybridized carbons (Fsp3) is 0.700. The van der Waals surface area contributed by atoms with E-state index >= 15 is 0 Å². The Balaban J connectivity index is 1.65. The highest BCUT2D eigenvalue weighted by Crippen LogP contribution is 2.61. The molecule has 0 spiro atoms. The van der Waals surface area contributed by atoms with Crippen LogP contribution in [0.5, 0.6) is 0 Å². The molecule has 0 atom stereocenters. The molecule has 0 amide bonds. The summed E-state index contributed by atoms with van der Waals surface area (Å²) < 4.78 is 0. The molecule has 2 aliphatic rings. The fourth-order valence-electron chi connectivity index (χ4n) is 2.25. The van der Waals surface area contributed by atoms with Crippen LogP contribution in [-0.2, 0) is 0 Å². The van der Waals surface area contributed by atoms with Crippen LogP contribution in [0.4, 0.5) is 5.95 Å². The van der Waals surface area contributed by atoms with Crippen LogP contribution in [0.3, 0.4) is 0 Å². The quantitative estimate of drug-likeness (QED) is 0.903. The van der Waals surface area contributed by atoms with Crippen LogP contribution in [0.25, 0.3) is 0 Å². The van der Waals surface area contributed by atoms with E-state index in [0.29, 0.717) is 11.4 Å². The Morgan fingerprint density at radius 1 is 1.12 bits per heavy atom. The third-order valence-electron chi connectivity index (χ3n) is 3.52. The molecule has 16 heavy (non-hydrogen) atoms. The molecule has 0 unspecified atom stereocenters. The van der Waals surface area contributed by atoms with Gasteiger partial charge in [0.25, 0.3) is 0 Å². The second-order valence-corrected chi connectivity index (χ2v) is 5.36. The molecule has 6 heteroatoms. The molecule has 1 N–H and O–H groups in total. The predicted octanol–water partition coefficient (Wildman–Crippen LogP) is 2.78. The van der Waals surface area contributed by atoms with E-state index in [1.807, 2.05) is 0 Å². The van der Waals surface area contributed by atoms with E-state index in [2.05, 4.69) is 20.3 Å². The lowest BCUT2D eigenvalue weighted by Crippen LogP contribution is -2.18. The first kappa shape index (κ1) is 10.5. The number of halogens is 2. The van der Waals surface area contributed by atoms with Crippen LogP contribution < -0.4 is 5.32 Å². The van der Waals surface area contributed by atoms with Crippen molar-refractivity contribution in [3.63, 3.8) is 0 Å². The Kier molecular flexibility index (Phi) is 2.44. The summed E-state index contributed by atoms with van der Waals surface area (Å²) in [6.07, 6.45) is 5.38. The maximum atomic E-state index is 5.70. The number of hydrogen-bond acceptors (Lipinski definition) is 4. The van der Waals surface area contributed by atoms with E-state index in [1.54, 1.807) is 0 Å². The highest BCUT2D eigenvalue weighted by Gasteiger charge is 2.53. The number of anilines is 1. The Labute approximate surface area is 104 Å². The van der Waals surface area contributed by atoms with Gasteiger partial charge in [-0.05, 0) is 60.2 Å². The molecule has 0 aromatic carbocycles. The highest BCUT2D eigenvalue weighted by molar-refractivity contribution is 6.31. The van der Waals surface area contributed by atoms with Gasteiger partial charge in [-0.15, -0.1) is 0 Å². The summed E-state index contributed by atoms with van der Waals surface area (Å²) in [7, 11) is 0. The molecule has 1 aromatic rings. The monoisotopic (exact) mass is 258 g/mol. The Morgan fingerprint density at radius 3 is 2.25 bits per heavy atom. The number of aromatic nitrogens is 3. The third kappa shape index (κ3) is 2.09. The zero-order valence-electron chi connectivity index (χ0n) is 8.71. The van der Waals surface area contributed by atoms with Gasteiger partial charge in [0.05, 0.1) is 0 Å². The molecule has 0 aliphatic heterocycles. The van der Waals surface area contributed by atoms with Gasteiger partial charge in [0.15, 0.2) is 0 Å². The molecule has 86 valence electrons. The van der Waals surface area contributed by atoms with Gasteiger partial charge in [-0.3, -0.25) is 0 Å². The summed E-state index contributed by atoms with van der Waals surface area (Å²) in [4.78, 5) is 11.7. The molecule has 1 heterocycles. The zero-order chi connectivity index (χ0) is 11.2. The largest absolute Gasteiger partial charge is 0.353 e. The fourth-order valence-corrected chi connectivity index (χ4v) is 2.61. The van der Waals surface area contributed by atoms with Gasteiger partial charge in [0, 0.05) is 6.54 Å². The van der Waals surface area contributed by atoms with Crippen LogP contribution in [0.1, 0.15) is 25.7 Å². The van der Waals surface area contributed by atoms with Gasteiger partial charge < -0.3 is 5.32 Å². The first-order valence-corrected chi connectivity index (χ1v) is 6.24. The molecule has 3 rings (SSSR count). The van der Waals surface area contributed by atoms with Crippen molar-refractivity contribution in [2.45, 2.75) is 25.7 Å². The number of rotatable bonds is 4. The van der Waals surface area contributed by atoms with Crippen LogP contribution in [0, 0.1) is 11.3 Å². The van der Waals surface area contributed by atoms with Crippen LogP contribution >= 0.6 is 23.2 Å². The Hall–Kier alpha value is -0.610.